The number of carboxylic acids is 1. The van der Waals surface area contributed by atoms with Crippen molar-refractivity contribution in [1.29, 1.82) is 0 Å². The summed E-state index contributed by atoms with van der Waals surface area (Å²) in [5.74, 6) is 0.787. The van der Waals surface area contributed by atoms with Crippen LogP contribution in [0.25, 0.3) is 0 Å². The Morgan fingerprint density at radius 3 is 2.12 bits per heavy atom. The molecule has 3 N–H and O–H groups in total. The maximum absolute atomic E-state index is 11.1. The van der Waals surface area contributed by atoms with E-state index in [4.69, 9.17) is 25.1 Å². The molecule has 0 saturated carbocycles. The molecule has 0 bridgehead atoms. The van der Waals surface area contributed by atoms with Gasteiger partial charge in [0.25, 0.3) is 0 Å². The van der Waals surface area contributed by atoms with Crippen molar-refractivity contribution in [1.82, 2.24) is 0 Å². The predicted octanol–water partition coefficient (Wildman–Crippen LogP) is 3.18. The maximum Gasteiger partial charge on any atom is 0.320 e. The van der Waals surface area contributed by atoms with Crippen molar-refractivity contribution in [2.24, 2.45) is 5.73 Å². The van der Waals surface area contributed by atoms with Crippen LogP contribution in [0.15, 0.2) is 12.1 Å². The van der Waals surface area contributed by atoms with E-state index < -0.39 is 12.0 Å². The van der Waals surface area contributed by atoms with E-state index in [1.807, 2.05) is 39.8 Å². The lowest BCUT2D eigenvalue weighted by Crippen LogP contribution is -2.31. The maximum atomic E-state index is 11.1. The summed E-state index contributed by atoms with van der Waals surface area (Å²) in [6, 6.07) is 2.86. The van der Waals surface area contributed by atoms with Gasteiger partial charge in [0.1, 0.15) is 6.04 Å². The van der Waals surface area contributed by atoms with E-state index in [1.54, 1.807) is 0 Å². The summed E-state index contributed by atoms with van der Waals surface area (Å²) in [5, 5.41) is 9.10. The predicted molar refractivity (Wildman–Crippen MR) is 93.2 cm³/mol. The van der Waals surface area contributed by atoms with E-state index in [0.29, 0.717) is 43.5 Å². The molecule has 24 heavy (non-hydrogen) atoms. The van der Waals surface area contributed by atoms with Gasteiger partial charge < -0.3 is 25.1 Å². The smallest absolute Gasteiger partial charge is 0.320 e. The molecule has 1 rings (SSSR count). The van der Waals surface area contributed by atoms with Gasteiger partial charge in [-0.3, -0.25) is 4.79 Å². The van der Waals surface area contributed by atoms with Gasteiger partial charge in [-0.1, -0.05) is 13.0 Å². The Bertz CT molecular complexity index is 532. The lowest BCUT2D eigenvalue weighted by Gasteiger charge is -2.24. The first-order valence-electron chi connectivity index (χ1n) is 8.53. The SMILES string of the molecule is CCOc1ccc(C(CC)CC(N)C(=O)O)c(OCC)c1OCC. The van der Waals surface area contributed by atoms with Crippen LogP contribution >= 0.6 is 0 Å². The summed E-state index contributed by atoms with van der Waals surface area (Å²) in [4.78, 5) is 11.1. The van der Waals surface area contributed by atoms with Crippen molar-refractivity contribution < 1.29 is 24.1 Å². The van der Waals surface area contributed by atoms with E-state index in [1.165, 1.54) is 0 Å². The van der Waals surface area contributed by atoms with Gasteiger partial charge in [-0.2, -0.15) is 0 Å². The second kappa shape index (κ2) is 10.0. The number of benzene rings is 1. The third-order valence-corrected chi connectivity index (χ3v) is 3.77. The quantitative estimate of drug-likeness (QED) is 0.643. The third-order valence-electron chi connectivity index (χ3n) is 3.77. The van der Waals surface area contributed by atoms with Crippen LogP contribution in [0.2, 0.25) is 0 Å². The van der Waals surface area contributed by atoms with Gasteiger partial charge >= 0.3 is 5.97 Å². The minimum absolute atomic E-state index is 0.0347. The number of carboxylic acid groups (broad SMARTS) is 1. The van der Waals surface area contributed by atoms with Crippen molar-refractivity contribution in [2.75, 3.05) is 19.8 Å². The van der Waals surface area contributed by atoms with E-state index in [-0.39, 0.29) is 5.92 Å². The second-order valence-electron chi connectivity index (χ2n) is 5.40. The van der Waals surface area contributed by atoms with Crippen LogP contribution in [0.1, 0.15) is 52.0 Å². The molecule has 0 aromatic heterocycles. The molecule has 1 aromatic rings. The first-order chi connectivity index (χ1) is 11.5. The Kier molecular flexibility index (Phi) is 8.40. The van der Waals surface area contributed by atoms with Gasteiger partial charge in [0.15, 0.2) is 11.5 Å². The fourth-order valence-corrected chi connectivity index (χ4v) is 2.65. The molecular formula is C18H29NO5. The Hall–Kier alpha value is -1.95. The molecule has 0 radical (unpaired) electrons. The molecule has 0 spiro atoms. The van der Waals surface area contributed by atoms with Crippen LogP contribution in [-0.2, 0) is 4.79 Å². The van der Waals surface area contributed by atoms with Crippen LogP contribution < -0.4 is 19.9 Å². The highest BCUT2D eigenvalue weighted by Gasteiger charge is 2.25. The number of carbonyl (C=O) groups is 1. The minimum Gasteiger partial charge on any atom is -0.490 e. The molecule has 0 aliphatic heterocycles. The highest BCUT2D eigenvalue weighted by atomic mass is 16.5. The number of ether oxygens (including phenoxy) is 3. The summed E-state index contributed by atoms with van der Waals surface area (Å²) in [7, 11) is 0. The van der Waals surface area contributed by atoms with Gasteiger partial charge in [0.2, 0.25) is 5.75 Å². The van der Waals surface area contributed by atoms with Crippen LogP contribution in [0.4, 0.5) is 0 Å². The Balaban J connectivity index is 3.32. The van der Waals surface area contributed by atoms with E-state index in [0.717, 1.165) is 12.0 Å². The van der Waals surface area contributed by atoms with Crippen molar-refractivity contribution >= 4 is 5.97 Å². The first kappa shape index (κ1) is 20.1. The molecule has 0 aliphatic rings. The van der Waals surface area contributed by atoms with Gasteiger partial charge in [0, 0.05) is 5.56 Å². The Morgan fingerprint density at radius 1 is 1.04 bits per heavy atom. The molecule has 0 aliphatic carbocycles. The lowest BCUT2D eigenvalue weighted by molar-refractivity contribution is -0.138. The fourth-order valence-electron chi connectivity index (χ4n) is 2.65. The number of hydrogen-bond acceptors (Lipinski definition) is 5. The summed E-state index contributed by atoms with van der Waals surface area (Å²) < 4.78 is 17.2. The molecule has 1 aromatic carbocycles. The standard InChI is InChI=1S/C18H29NO5/c1-5-12(11-14(19)18(20)21)13-9-10-15(22-6-2)17(24-8-4)16(13)23-7-3/h9-10,12,14H,5-8,11,19H2,1-4H3,(H,20,21). The van der Waals surface area contributed by atoms with E-state index in [9.17, 15) is 4.79 Å². The van der Waals surface area contributed by atoms with E-state index in [2.05, 4.69) is 0 Å². The lowest BCUT2D eigenvalue weighted by atomic mass is 9.89. The highest BCUT2D eigenvalue weighted by molar-refractivity contribution is 5.73. The van der Waals surface area contributed by atoms with Crippen molar-refractivity contribution in [3.63, 3.8) is 0 Å². The summed E-state index contributed by atoms with van der Waals surface area (Å²) in [6.07, 6.45) is 1.09. The summed E-state index contributed by atoms with van der Waals surface area (Å²) >= 11 is 0. The topological polar surface area (TPSA) is 91.0 Å². The molecule has 2 atom stereocenters. The molecule has 136 valence electrons. The second-order valence-corrected chi connectivity index (χ2v) is 5.40. The molecule has 0 saturated heterocycles. The molecule has 0 fully saturated rings. The van der Waals surface area contributed by atoms with Gasteiger partial charge in [0.05, 0.1) is 19.8 Å². The number of aliphatic carboxylic acids is 1. The monoisotopic (exact) mass is 339 g/mol. The zero-order valence-corrected chi connectivity index (χ0v) is 15.0. The van der Waals surface area contributed by atoms with Gasteiger partial charge in [-0.25, -0.2) is 0 Å². The number of rotatable bonds is 11. The number of nitrogens with two attached hydrogens (primary N) is 1. The summed E-state index contributed by atoms with van der Waals surface area (Å²) in [6.45, 7) is 9.19. The van der Waals surface area contributed by atoms with Gasteiger partial charge in [-0.05, 0) is 45.6 Å². The third kappa shape index (κ3) is 5.03. The van der Waals surface area contributed by atoms with Crippen molar-refractivity contribution in [3.05, 3.63) is 17.7 Å². The van der Waals surface area contributed by atoms with Gasteiger partial charge in [-0.15, -0.1) is 0 Å². The minimum atomic E-state index is -0.998. The first-order valence-corrected chi connectivity index (χ1v) is 8.53. The zero-order valence-electron chi connectivity index (χ0n) is 15.0. The average molecular weight is 339 g/mol. The number of hydrogen-bond donors (Lipinski definition) is 2. The Morgan fingerprint density at radius 2 is 1.62 bits per heavy atom. The fraction of sp³-hybridized carbons (Fsp3) is 0.611. The largest absolute Gasteiger partial charge is 0.490 e. The molecule has 2 unspecified atom stereocenters. The molecule has 6 heteroatoms. The normalized spacial score (nSPS) is 13.2. The summed E-state index contributed by atoms with van der Waals surface area (Å²) in [5.41, 5.74) is 6.64. The average Bonchev–Trinajstić information content (AvgIpc) is 2.56. The molecule has 0 heterocycles. The zero-order chi connectivity index (χ0) is 18.1. The van der Waals surface area contributed by atoms with Crippen molar-refractivity contribution in [2.45, 2.75) is 52.5 Å². The molecule has 0 amide bonds. The van der Waals surface area contributed by atoms with Crippen LogP contribution in [0, 0.1) is 0 Å². The Labute approximate surface area is 143 Å². The van der Waals surface area contributed by atoms with Crippen LogP contribution in [-0.4, -0.2) is 36.9 Å². The van der Waals surface area contributed by atoms with E-state index >= 15 is 0 Å². The highest BCUT2D eigenvalue weighted by Crippen LogP contribution is 2.44. The van der Waals surface area contributed by atoms with Crippen molar-refractivity contribution in [3.8, 4) is 17.2 Å². The molecular weight excluding hydrogens is 310 g/mol. The molecule has 6 nitrogen and oxygen atoms in total. The van der Waals surface area contributed by atoms with Crippen LogP contribution in [0.5, 0.6) is 17.2 Å². The van der Waals surface area contributed by atoms with Crippen LogP contribution in [0.3, 0.4) is 0 Å².